The summed E-state index contributed by atoms with van der Waals surface area (Å²) in [5.41, 5.74) is 8.19. The molecule has 1 aliphatic rings. The van der Waals surface area contributed by atoms with Gasteiger partial charge in [0.1, 0.15) is 15.7 Å². The molecule has 21 heavy (non-hydrogen) atoms. The van der Waals surface area contributed by atoms with E-state index in [4.69, 9.17) is 5.73 Å². The van der Waals surface area contributed by atoms with Crippen molar-refractivity contribution in [2.45, 2.75) is 31.3 Å². The first-order chi connectivity index (χ1) is 9.85. The Morgan fingerprint density at radius 1 is 1.48 bits per heavy atom. The average Bonchev–Trinajstić information content (AvgIpc) is 3.16. The normalized spacial score (nSPS) is 17.3. The third-order valence-corrected chi connectivity index (χ3v) is 5.19. The first kappa shape index (κ1) is 15.0. The number of halogens is 1. The fourth-order valence-corrected chi connectivity index (χ4v) is 3.57. The van der Waals surface area contributed by atoms with Crippen molar-refractivity contribution in [2.24, 2.45) is 5.73 Å². The molecule has 7 heteroatoms. The largest absolute Gasteiger partial charge is 0.324 e. The molecule has 1 aromatic heterocycles. The summed E-state index contributed by atoms with van der Waals surface area (Å²) in [6.45, 7) is 0. The summed E-state index contributed by atoms with van der Waals surface area (Å²) in [5, 5.41) is 0. The number of nitrogens with two attached hydrogens (primary N) is 1. The van der Waals surface area contributed by atoms with Crippen molar-refractivity contribution >= 4 is 36.8 Å². The molecule has 5 nitrogen and oxygen atoms in total. The number of nitrogens with zero attached hydrogens (tertiary/aromatic N) is 2. The molecular weight excluding hydrogens is 354 g/mol. The van der Waals surface area contributed by atoms with Crippen molar-refractivity contribution in [1.29, 1.82) is 0 Å². The highest BCUT2D eigenvalue weighted by molar-refractivity contribution is 9.10. The van der Waals surface area contributed by atoms with Gasteiger partial charge in [0, 0.05) is 16.8 Å². The lowest BCUT2D eigenvalue weighted by Gasteiger charge is -2.13. The van der Waals surface area contributed by atoms with Crippen LogP contribution in [0.5, 0.6) is 0 Å². The van der Waals surface area contributed by atoms with Crippen LogP contribution in [0, 0.1) is 0 Å². The molecule has 1 aromatic carbocycles. The SMILES string of the molecule is CS(=O)(=O)CCC(N)c1nc2cc(Br)ccc2n1C1CC1. The van der Waals surface area contributed by atoms with Gasteiger partial charge in [-0.25, -0.2) is 13.4 Å². The lowest BCUT2D eigenvalue weighted by Crippen LogP contribution is -2.19. The minimum absolute atomic E-state index is 0.0890. The van der Waals surface area contributed by atoms with Crippen LogP contribution in [0.2, 0.25) is 0 Å². The zero-order valence-electron chi connectivity index (χ0n) is 11.8. The number of benzene rings is 1. The fourth-order valence-electron chi connectivity index (χ4n) is 2.54. The first-order valence-electron chi connectivity index (χ1n) is 6.96. The van der Waals surface area contributed by atoms with Crippen LogP contribution in [-0.4, -0.2) is 30.0 Å². The van der Waals surface area contributed by atoms with E-state index in [9.17, 15) is 8.42 Å². The van der Waals surface area contributed by atoms with Crippen molar-refractivity contribution in [1.82, 2.24) is 9.55 Å². The smallest absolute Gasteiger partial charge is 0.147 e. The molecule has 2 N–H and O–H groups in total. The standard InChI is InChI=1S/C14H18BrN3O2S/c1-21(19,20)7-6-11(16)14-17-12-8-9(15)2-5-13(12)18(14)10-3-4-10/h2,5,8,10-11H,3-4,6-7,16H2,1H3. The van der Waals surface area contributed by atoms with Crippen LogP contribution in [0.3, 0.4) is 0 Å². The van der Waals surface area contributed by atoms with E-state index in [-0.39, 0.29) is 11.8 Å². The van der Waals surface area contributed by atoms with E-state index >= 15 is 0 Å². The van der Waals surface area contributed by atoms with Crippen LogP contribution in [0.25, 0.3) is 11.0 Å². The van der Waals surface area contributed by atoms with E-state index in [1.165, 1.54) is 6.26 Å². The van der Waals surface area contributed by atoms with Crippen molar-refractivity contribution in [3.05, 3.63) is 28.5 Å². The summed E-state index contributed by atoms with van der Waals surface area (Å²) in [6.07, 6.45) is 3.90. The maximum atomic E-state index is 11.3. The maximum absolute atomic E-state index is 11.3. The van der Waals surface area contributed by atoms with Crippen LogP contribution < -0.4 is 5.73 Å². The van der Waals surface area contributed by atoms with E-state index in [1.54, 1.807) is 0 Å². The van der Waals surface area contributed by atoms with Gasteiger partial charge in [0.2, 0.25) is 0 Å². The quantitative estimate of drug-likeness (QED) is 0.875. The molecule has 0 bridgehead atoms. The molecule has 0 spiro atoms. The molecule has 1 unspecified atom stereocenters. The Morgan fingerprint density at radius 2 is 2.19 bits per heavy atom. The van der Waals surface area contributed by atoms with Gasteiger partial charge in [-0.05, 0) is 37.5 Å². The lowest BCUT2D eigenvalue weighted by atomic mass is 10.2. The first-order valence-corrected chi connectivity index (χ1v) is 9.81. The summed E-state index contributed by atoms with van der Waals surface area (Å²) in [7, 11) is -3.01. The van der Waals surface area contributed by atoms with Crippen LogP contribution in [0.4, 0.5) is 0 Å². The van der Waals surface area contributed by atoms with Crippen LogP contribution in [0.15, 0.2) is 22.7 Å². The van der Waals surface area contributed by atoms with Crippen molar-refractivity contribution in [3.8, 4) is 0 Å². The highest BCUT2D eigenvalue weighted by atomic mass is 79.9. The minimum atomic E-state index is -3.01. The Labute approximate surface area is 132 Å². The number of imidazole rings is 1. The highest BCUT2D eigenvalue weighted by Crippen LogP contribution is 2.40. The van der Waals surface area contributed by atoms with E-state index in [2.05, 4.69) is 25.5 Å². The molecule has 1 aliphatic carbocycles. The Morgan fingerprint density at radius 3 is 2.81 bits per heavy atom. The second-order valence-corrected chi connectivity index (χ2v) is 8.90. The molecule has 114 valence electrons. The number of hydrogen-bond acceptors (Lipinski definition) is 4. The summed E-state index contributed by atoms with van der Waals surface area (Å²) >= 11 is 3.45. The van der Waals surface area contributed by atoms with Crippen LogP contribution >= 0.6 is 15.9 Å². The third-order valence-electron chi connectivity index (χ3n) is 3.72. The van der Waals surface area contributed by atoms with E-state index in [0.29, 0.717) is 12.5 Å². The molecular formula is C14H18BrN3O2S. The predicted molar refractivity (Wildman–Crippen MR) is 87.0 cm³/mol. The number of sulfone groups is 1. The number of aromatic nitrogens is 2. The molecule has 1 atom stereocenters. The van der Waals surface area contributed by atoms with Gasteiger partial charge in [-0.15, -0.1) is 0 Å². The summed E-state index contributed by atoms with van der Waals surface area (Å²) in [4.78, 5) is 4.65. The Balaban J connectivity index is 1.98. The molecule has 1 fully saturated rings. The molecule has 2 aromatic rings. The van der Waals surface area contributed by atoms with E-state index in [1.807, 2.05) is 18.2 Å². The second kappa shape index (κ2) is 5.37. The van der Waals surface area contributed by atoms with Crippen LogP contribution in [0.1, 0.15) is 37.2 Å². The Bertz CT molecular complexity index is 781. The van der Waals surface area contributed by atoms with Gasteiger partial charge in [0.05, 0.1) is 22.8 Å². The molecule has 3 rings (SSSR count). The number of fused-ring (bicyclic) bond motifs is 1. The molecule has 0 saturated heterocycles. The molecule has 0 amide bonds. The lowest BCUT2D eigenvalue weighted by molar-refractivity contribution is 0.570. The monoisotopic (exact) mass is 371 g/mol. The van der Waals surface area contributed by atoms with Crippen molar-refractivity contribution in [3.63, 3.8) is 0 Å². The van der Waals surface area contributed by atoms with Gasteiger partial charge >= 0.3 is 0 Å². The van der Waals surface area contributed by atoms with Gasteiger partial charge in [0.25, 0.3) is 0 Å². The zero-order chi connectivity index (χ0) is 15.2. The number of rotatable bonds is 5. The Kier molecular flexibility index (Phi) is 3.83. The van der Waals surface area contributed by atoms with Gasteiger partial charge in [-0.2, -0.15) is 0 Å². The van der Waals surface area contributed by atoms with Gasteiger partial charge < -0.3 is 10.3 Å². The average molecular weight is 372 g/mol. The summed E-state index contributed by atoms with van der Waals surface area (Å²) in [5.74, 6) is 0.889. The second-order valence-electron chi connectivity index (χ2n) is 5.73. The third kappa shape index (κ3) is 3.30. The number of hydrogen-bond donors (Lipinski definition) is 1. The van der Waals surface area contributed by atoms with Gasteiger partial charge in [-0.1, -0.05) is 15.9 Å². The van der Waals surface area contributed by atoms with Crippen LogP contribution in [-0.2, 0) is 9.84 Å². The molecule has 1 heterocycles. The molecule has 0 radical (unpaired) electrons. The van der Waals surface area contributed by atoms with Crippen molar-refractivity contribution < 1.29 is 8.42 Å². The van der Waals surface area contributed by atoms with Crippen molar-refractivity contribution in [2.75, 3.05) is 12.0 Å². The van der Waals surface area contributed by atoms with Gasteiger partial charge in [0.15, 0.2) is 0 Å². The van der Waals surface area contributed by atoms with E-state index < -0.39 is 9.84 Å². The van der Waals surface area contributed by atoms with E-state index in [0.717, 1.165) is 34.2 Å². The maximum Gasteiger partial charge on any atom is 0.147 e. The predicted octanol–water partition coefficient (Wildman–Crippen LogP) is 2.57. The fraction of sp³-hybridized carbons (Fsp3) is 0.500. The zero-order valence-corrected chi connectivity index (χ0v) is 14.2. The molecule has 1 saturated carbocycles. The Hall–Kier alpha value is -0.920. The summed E-state index contributed by atoms with van der Waals surface area (Å²) in [6, 6.07) is 6.11. The topological polar surface area (TPSA) is 78.0 Å². The minimum Gasteiger partial charge on any atom is -0.324 e. The summed E-state index contributed by atoms with van der Waals surface area (Å²) < 4.78 is 25.8. The highest BCUT2D eigenvalue weighted by Gasteiger charge is 2.30. The van der Waals surface area contributed by atoms with Gasteiger partial charge in [-0.3, -0.25) is 0 Å². The molecule has 0 aliphatic heterocycles.